The van der Waals surface area contributed by atoms with E-state index in [1.807, 2.05) is 6.92 Å². The number of esters is 1. The normalized spacial score (nSPS) is 15.2. The van der Waals surface area contributed by atoms with Crippen molar-refractivity contribution in [2.24, 2.45) is 11.3 Å². The molecule has 0 aliphatic carbocycles. The summed E-state index contributed by atoms with van der Waals surface area (Å²) < 4.78 is 5.44. The van der Waals surface area contributed by atoms with Crippen molar-refractivity contribution < 1.29 is 9.53 Å². The Morgan fingerprint density at radius 1 is 1.17 bits per heavy atom. The fraction of sp³-hybridized carbons (Fsp3) is 0.938. The zero-order valence-corrected chi connectivity index (χ0v) is 13.2. The van der Waals surface area contributed by atoms with Gasteiger partial charge in [-0.05, 0) is 37.5 Å². The molecule has 0 spiro atoms. The van der Waals surface area contributed by atoms with Crippen LogP contribution in [0.4, 0.5) is 0 Å². The molecule has 0 radical (unpaired) electrons. The molecule has 108 valence electrons. The summed E-state index contributed by atoms with van der Waals surface area (Å²) in [7, 11) is 0. The third-order valence-corrected chi connectivity index (χ3v) is 3.02. The lowest BCUT2D eigenvalue weighted by Crippen LogP contribution is -2.19. The fourth-order valence-electron chi connectivity index (χ4n) is 2.42. The van der Waals surface area contributed by atoms with E-state index in [0.29, 0.717) is 12.3 Å². The van der Waals surface area contributed by atoms with Crippen LogP contribution in [0.1, 0.15) is 80.1 Å². The first-order chi connectivity index (χ1) is 8.24. The van der Waals surface area contributed by atoms with Crippen LogP contribution < -0.4 is 0 Å². The van der Waals surface area contributed by atoms with Crippen LogP contribution in [-0.2, 0) is 9.53 Å². The van der Waals surface area contributed by atoms with Crippen molar-refractivity contribution in [1.82, 2.24) is 0 Å². The minimum absolute atomic E-state index is 0.0317. The van der Waals surface area contributed by atoms with Gasteiger partial charge in [0.15, 0.2) is 0 Å². The van der Waals surface area contributed by atoms with E-state index < -0.39 is 0 Å². The topological polar surface area (TPSA) is 26.3 Å². The summed E-state index contributed by atoms with van der Waals surface area (Å²) in [5, 5.41) is 0. The highest BCUT2D eigenvalue weighted by molar-refractivity contribution is 5.69. The Morgan fingerprint density at radius 3 is 2.28 bits per heavy atom. The summed E-state index contributed by atoms with van der Waals surface area (Å²) in [5.74, 6) is 0.371. The van der Waals surface area contributed by atoms with Crippen molar-refractivity contribution in [3.63, 3.8) is 0 Å². The Labute approximate surface area is 113 Å². The molecule has 0 N–H and O–H groups in total. The van der Waals surface area contributed by atoms with Crippen molar-refractivity contribution in [2.75, 3.05) is 0 Å². The highest BCUT2D eigenvalue weighted by Crippen LogP contribution is 2.26. The van der Waals surface area contributed by atoms with Gasteiger partial charge in [0.2, 0.25) is 0 Å². The molecule has 0 saturated heterocycles. The zero-order chi connectivity index (χ0) is 14.2. The monoisotopic (exact) mass is 256 g/mol. The average Bonchev–Trinajstić information content (AvgIpc) is 2.13. The molecule has 0 bridgehead atoms. The molecular formula is C16H32O2. The van der Waals surface area contributed by atoms with E-state index >= 15 is 0 Å². The van der Waals surface area contributed by atoms with Crippen molar-refractivity contribution in [3.8, 4) is 0 Å². The Hall–Kier alpha value is -0.530. The number of carbonyl (C=O) groups is 1. The molecule has 0 aliphatic rings. The molecule has 2 nitrogen and oxygen atoms in total. The van der Waals surface area contributed by atoms with Crippen molar-refractivity contribution in [3.05, 3.63) is 0 Å². The molecule has 2 heteroatoms. The van der Waals surface area contributed by atoms with Crippen LogP contribution in [0.25, 0.3) is 0 Å². The van der Waals surface area contributed by atoms with E-state index in [0.717, 1.165) is 19.3 Å². The van der Waals surface area contributed by atoms with Crippen LogP contribution >= 0.6 is 0 Å². The lowest BCUT2D eigenvalue weighted by Gasteiger charge is -2.23. The number of unbranched alkanes of at least 4 members (excludes halogenated alkanes) is 2. The summed E-state index contributed by atoms with van der Waals surface area (Å²) >= 11 is 0. The smallest absolute Gasteiger partial charge is 0.306 e. The van der Waals surface area contributed by atoms with E-state index in [9.17, 15) is 4.79 Å². The fourth-order valence-corrected chi connectivity index (χ4v) is 2.42. The molecule has 0 saturated carbocycles. The van der Waals surface area contributed by atoms with Crippen LogP contribution in [0, 0.1) is 11.3 Å². The maximum Gasteiger partial charge on any atom is 0.306 e. The summed E-state index contributed by atoms with van der Waals surface area (Å²) in [4.78, 5) is 11.8. The minimum Gasteiger partial charge on any atom is -0.463 e. The van der Waals surface area contributed by atoms with Gasteiger partial charge in [0.05, 0.1) is 6.10 Å². The highest BCUT2D eigenvalue weighted by Gasteiger charge is 2.19. The van der Waals surface area contributed by atoms with Gasteiger partial charge in [0.25, 0.3) is 0 Å². The lowest BCUT2D eigenvalue weighted by molar-refractivity contribution is -0.149. The molecule has 0 fully saturated rings. The standard InChI is InChI=1S/C16H32O2/c1-7-8-9-10-14(3)18-15(17)11-13(2)12-16(4,5)6/h13-14H,7-12H2,1-6H3. The quantitative estimate of drug-likeness (QED) is 0.453. The number of rotatable bonds is 8. The van der Waals surface area contributed by atoms with Gasteiger partial charge < -0.3 is 4.74 Å². The Bertz CT molecular complexity index is 228. The Balaban J connectivity index is 3.82. The van der Waals surface area contributed by atoms with Crippen LogP contribution in [0.3, 0.4) is 0 Å². The SMILES string of the molecule is CCCCCC(C)OC(=O)CC(C)CC(C)(C)C. The summed E-state index contributed by atoms with van der Waals surface area (Å²) in [5.41, 5.74) is 0.284. The molecule has 0 amide bonds. The van der Waals surface area contributed by atoms with Gasteiger partial charge in [-0.25, -0.2) is 0 Å². The van der Waals surface area contributed by atoms with Crippen LogP contribution in [0.15, 0.2) is 0 Å². The summed E-state index contributed by atoms with van der Waals surface area (Å²) in [6.45, 7) is 13.0. The Morgan fingerprint density at radius 2 is 1.78 bits per heavy atom. The zero-order valence-electron chi connectivity index (χ0n) is 13.2. The van der Waals surface area contributed by atoms with E-state index in [4.69, 9.17) is 4.74 Å². The van der Waals surface area contributed by atoms with Gasteiger partial charge >= 0.3 is 5.97 Å². The first-order valence-electron chi connectivity index (χ1n) is 7.44. The van der Waals surface area contributed by atoms with Crippen LogP contribution in [0.2, 0.25) is 0 Å². The van der Waals surface area contributed by atoms with E-state index in [2.05, 4.69) is 34.6 Å². The molecular weight excluding hydrogens is 224 g/mol. The Kier molecular flexibility index (Phi) is 8.30. The lowest BCUT2D eigenvalue weighted by atomic mass is 9.84. The van der Waals surface area contributed by atoms with Crippen molar-refractivity contribution >= 4 is 5.97 Å². The molecule has 0 rings (SSSR count). The van der Waals surface area contributed by atoms with E-state index in [-0.39, 0.29) is 17.5 Å². The highest BCUT2D eigenvalue weighted by atomic mass is 16.5. The first-order valence-corrected chi connectivity index (χ1v) is 7.44. The van der Waals surface area contributed by atoms with Gasteiger partial charge in [-0.15, -0.1) is 0 Å². The second-order valence-corrected chi connectivity index (χ2v) is 6.87. The largest absolute Gasteiger partial charge is 0.463 e. The summed E-state index contributed by atoms with van der Waals surface area (Å²) in [6.07, 6.45) is 6.27. The van der Waals surface area contributed by atoms with Gasteiger partial charge in [-0.2, -0.15) is 0 Å². The second-order valence-electron chi connectivity index (χ2n) is 6.87. The maximum atomic E-state index is 11.8. The molecule has 0 aromatic heterocycles. The minimum atomic E-state index is -0.0317. The number of hydrogen-bond acceptors (Lipinski definition) is 2. The van der Waals surface area contributed by atoms with Crippen LogP contribution in [-0.4, -0.2) is 12.1 Å². The van der Waals surface area contributed by atoms with Crippen molar-refractivity contribution in [2.45, 2.75) is 86.2 Å². The summed E-state index contributed by atoms with van der Waals surface area (Å²) in [6, 6.07) is 0. The number of ether oxygens (including phenoxy) is 1. The second kappa shape index (κ2) is 8.55. The molecule has 0 aliphatic heterocycles. The maximum absolute atomic E-state index is 11.8. The van der Waals surface area contributed by atoms with Gasteiger partial charge in [-0.3, -0.25) is 4.79 Å². The average molecular weight is 256 g/mol. The van der Waals surface area contributed by atoms with Gasteiger partial charge in [0, 0.05) is 6.42 Å². The number of carbonyl (C=O) groups excluding carboxylic acids is 1. The first kappa shape index (κ1) is 17.5. The third-order valence-electron chi connectivity index (χ3n) is 3.02. The third kappa shape index (κ3) is 10.6. The molecule has 18 heavy (non-hydrogen) atoms. The van der Waals surface area contributed by atoms with Gasteiger partial charge in [-0.1, -0.05) is 47.5 Å². The van der Waals surface area contributed by atoms with E-state index in [1.54, 1.807) is 0 Å². The predicted molar refractivity (Wildman–Crippen MR) is 77.5 cm³/mol. The van der Waals surface area contributed by atoms with Gasteiger partial charge in [0.1, 0.15) is 0 Å². The van der Waals surface area contributed by atoms with Crippen LogP contribution in [0.5, 0.6) is 0 Å². The molecule has 0 heterocycles. The predicted octanol–water partition coefficient (Wildman–Crippen LogP) is 4.96. The number of hydrogen-bond donors (Lipinski definition) is 0. The van der Waals surface area contributed by atoms with E-state index in [1.165, 1.54) is 12.8 Å². The molecule has 2 unspecified atom stereocenters. The molecule has 2 atom stereocenters. The molecule has 0 aromatic rings. The van der Waals surface area contributed by atoms with Crippen molar-refractivity contribution in [1.29, 1.82) is 0 Å². The molecule has 0 aromatic carbocycles.